The molecule has 0 saturated heterocycles. The van der Waals surface area contributed by atoms with E-state index in [2.05, 4.69) is 71.3 Å². The van der Waals surface area contributed by atoms with Gasteiger partial charge in [-0.3, -0.25) is 0 Å². The molecule has 2 nitrogen and oxygen atoms in total. The maximum absolute atomic E-state index is 6.75. The van der Waals surface area contributed by atoms with E-state index in [1.54, 1.807) is 0 Å². The number of hydrogen-bond donors (Lipinski definition) is 0. The van der Waals surface area contributed by atoms with Crippen LogP contribution >= 0.6 is 23.2 Å². The van der Waals surface area contributed by atoms with Gasteiger partial charge in [0.2, 0.25) is 0 Å². The van der Waals surface area contributed by atoms with Gasteiger partial charge in [-0.05, 0) is 41.0 Å². The second-order valence-corrected chi connectivity index (χ2v) is 8.65. The number of para-hydroxylation sites is 2. The van der Waals surface area contributed by atoms with E-state index in [-0.39, 0.29) is 12.0 Å². The van der Waals surface area contributed by atoms with Gasteiger partial charge < -0.3 is 4.57 Å². The summed E-state index contributed by atoms with van der Waals surface area (Å²) in [6, 6.07) is 33.0. The molecule has 0 spiro atoms. The molecule has 5 aromatic rings. The third-order valence-electron chi connectivity index (χ3n) is 6.15. The summed E-state index contributed by atoms with van der Waals surface area (Å²) < 4.78 is 2.32. The fourth-order valence-electron chi connectivity index (χ4n) is 4.87. The molecule has 1 aliphatic rings. The molecule has 2 heterocycles. The number of benzene rings is 4. The van der Waals surface area contributed by atoms with Crippen LogP contribution in [-0.4, -0.2) is 9.55 Å². The van der Waals surface area contributed by atoms with E-state index in [0.29, 0.717) is 10.0 Å². The molecule has 4 heteroatoms. The maximum Gasteiger partial charge on any atom is 0.122 e. The lowest BCUT2D eigenvalue weighted by Crippen LogP contribution is -2.26. The summed E-state index contributed by atoms with van der Waals surface area (Å²) in [4.78, 5) is 5.12. The Morgan fingerprint density at radius 3 is 2.06 bits per heavy atom. The highest BCUT2D eigenvalue weighted by Gasteiger charge is 2.37. The number of rotatable bonds is 2. The molecule has 4 aromatic carbocycles. The van der Waals surface area contributed by atoms with Crippen LogP contribution in [-0.2, 0) is 0 Å². The van der Waals surface area contributed by atoms with Crippen molar-refractivity contribution in [2.24, 2.45) is 0 Å². The van der Waals surface area contributed by atoms with Crippen LogP contribution in [0.25, 0.3) is 11.0 Å². The van der Waals surface area contributed by atoms with Crippen molar-refractivity contribution in [3.8, 4) is 0 Å². The third kappa shape index (κ3) is 2.83. The normalized spacial score (nSPS) is 17.4. The highest BCUT2D eigenvalue weighted by Crippen LogP contribution is 2.48. The van der Waals surface area contributed by atoms with Gasteiger partial charge in [0, 0.05) is 15.6 Å². The highest BCUT2D eigenvalue weighted by atomic mass is 35.5. The summed E-state index contributed by atoms with van der Waals surface area (Å²) in [5, 5.41) is 1.32. The SMILES string of the molecule is Clc1cccc(Cl)c1C1c2ccccc2C(c2ccccc2)c2nc3ccccc3n21. The first-order chi connectivity index (χ1) is 15.2. The Bertz CT molecular complexity index is 1400. The van der Waals surface area contributed by atoms with E-state index < -0.39 is 0 Å². The number of imidazole rings is 1. The molecule has 0 aliphatic carbocycles. The lowest BCUT2D eigenvalue weighted by atomic mass is 9.80. The minimum atomic E-state index is -0.153. The van der Waals surface area contributed by atoms with E-state index in [1.807, 2.05) is 30.3 Å². The monoisotopic (exact) mass is 440 g/mol. The molecule has 0 bridgehead atoms. The second-order valence-electron chi connectivity index (χ2n) is 7.84. The molecule has 31 heavy (non-hydrogen) atoms. The molecule has 2 atom stereocenters. The van der Waals surface area contributed by atoms with Crippen molar-refractivity contribution in [2.75, 3.05) is 0 Å². The first kappa shape index (κ1) is 18.7. The average molecular weight is 441 g/mol. The number of aromatic nitrogens is 2. The molecule has 2 unspecified atom stereocenters. The third-order valence-corrected chi connectivity index (χ3v) is 6.81. The van der Waals surface area contributed by atoms with Crippen LogP contribution in [0.5, 0.6) is 0 Å². The Balaban J connectivity index is 1.75. The predicted molar refractivity (Wildman–Crippen MR) is 127 cm³/mol. The van der Waals surface area contributed by atoms with E-state index in [4.69, 9.17) is 28.2 Å². The fourth-order valence-corrected chi connectivity index (χ4v) is 5.47. The molecule has 0 N–H and O–H groups in total. The van der Waals surface area contributed by atoms with Crippen molar-refractivity contribution >= 4 is 34.2 Å². The zero-order chi connectivity index (χ0) is 20.9. The first-order valence-corrected chi connectivity index (χ1v) is 11.0. The van der Waals surface area contributed by atoms with Gasteiger partial charge in [-0.2, -0.15) is 0 Å². The van der Waals surface area contributed by atoms with E-state index in [9.17, 15) is 0 Å². The second kappa shape index (κ2) is 7.26. The van der Waals surface area contributed by atoms with Crippen LogP contribution in [0.2, 0.25) is 10.0 Å². The van der Waals surface area contributed by atoms with Crippen molar-refractivity contribution in [1.82, 2.24) is 9.55 Å². The minimum absolute atomic E-state index is 0.0299. The zero-order valence-corrected chi connectivity index (χ0v) is 18.1. The van der Waals surface area contributed by atoms with Crippen molar-refractivity contribution in [3.63, 3.8) is 0 Å². The van der Waals surface area contributed by atoms with Gasteiger partial charge in [-0.1, -0.05) is 96.0 Å². The Hall–Kier alpha value is -3.07. The lowest BCUT2D eigenvalue weighted by molar-refractivity contribution is 0.600. The number of hydrogen-bond acceptors (Lipinski definition) is 1. The summed E-state index contributed by atoms with van der Waals surface area (Å²) in [5.41, 5.74) is 6.61. The molecule has 1 aliphatic heterocycles. The Labute approximate surface area is 190 Å². The molecule has 0 saturated carbocycles. The van der Waals surface area contributed by atoms with Crippen LogP contribution in [0.1, 0.15) is 40.0 Å². The molecule has 0 radical (unpaired) electrons. The average Bonchev–Trinajstić information content (AvgIpc) is 3.18. The van der Waals surface area contributed by atoms with Crippen molar-refractivity contribution in [3.05, 3.63) is 135 Å². The quantitative estimate of drug-likeness (QED) is 0.273. The minimum Gasteiger partial charge on any atom is -0.315 e. The molecular weight excluding hydrogens is 423 g/mol. The summed E-state index contributed by atoms with van der Waals surface area (Å²) in [6.45, 7) is 0. The van der Waals surface area contributed by atoms with Crippen LogP contribution in [0.4, 0.5) is 0 Å². The summed E-state index contributed by atoms with van der Waals surface area (Å²) in [5.74, 6) is 1.04. The molecule has 0 fully saturated rings. The Morgan fingerprint density at radius 2 is 1.29 bits per heavy atom. The zero-order valence-electron chi connectivity index (χ0n) is 16.5. The van der Waals surface area contributed by atoms with Crippen molar-refractivity contribution < 1.29 is 0 Å². The van der Waals surface area contributed by atoms with Gasteiger partial charge in [0.05, 0.1) is 23.0 Å². The van der Waals surface area contributed by atoms with Gasteiger partial charge >= 0.3 is 0 Å². The molecule has 0 amide bonds. The maximum atomic E-state index is 6.75. The highest BCUT2D eigenvalue weighted by molar-refractivity contribution is 6.36. The van der Waals surface area contributed by atoms with Crippen LogP contribution in [0.15, 0.2) is 97.1 Å². The molecule has 150 valence electrons. The van der Waals surface area contributed by atoms with Gasteiger partial charge in [-0.25, -0.2) is 4.98 Å². The van der Waals surface area contributed by atoms with E-state index in [1.165, 1.54) is 16.7 Å². The molecular formula is C27H18Cl2N2. The Morgan fingerprint density at radius 1 is 0.645 bits per heavy atom. The standard InChI is InChI=1S/C27H18Cl2N2/c28-20-13-8-14-21(29)25(20)26-19-12-5-4-11-18(19)24(17-9-2-1-3-10-17)27-30-22-15-6-7-16-23(22)31(26)27/h1-16,24,26H. The van der Waals surface area contributed by atoms with Gasteiger partial charge in [0.15, 0.2) is 0 Å². The molecule has 1 aromatic heterocycles. The predicted octanol–water partition coefficient (Wildman–Crippen LogP) is 7.47. The topological polar surface area (TPSA) is 17.8 Å². The fraction of sp³-hybridized carbons (Fsp3) is 0.0741. The molecule has 6 rings (SSSR count). The van der Waals surface area contributed by atoms with Crippen molar-refractivity contribution in [2.45, 2.75) is 12.0 Å². The first-order valence-electron chi connectivity index (χ1n) is 10.3. The van der Waals surface area contributed by atoms with Gasteiger partial charge in [0.1, 0.15) is 5.82 Å². The summed E-state index contributed by atoms with van der Waals surface area (Å²) in [6.07, 6.45) is 0. The summed E-state index contributed by atoms with van der Waals surface area (Å²) >= 11 is 13.5. The van der Waals surface area contributed by atoms with Crippen LogP contribution in [0.3, 0.4) is 0 Å². The van der Waals surface area contributed by atoms with Crippen LogP contribution in [0, 0.1) is 0 Å². The van der Waals surface area contributed by atoms with E-state index >= 15 is 0 Å². The summed E-state index contributed by atoms with van der Waals surface area (Å²) in [7, 11) is 0. The number of fused-ring (bicyclic) bond motifs is 4. The Kier molecular flexibility index (Phi) is 4.38. The van der Waals surface area contributed by atoms with E-state index in [0.717, 1.165) is 22.4 Å². The van der Waals surface area contributed by atoms with Gasteiger partial charge in [0.25, 0.3) is 0 Å². The van der Waals surface area contributed by atoms with Crippen molar-refractivity contribution in [1.29, 1.82) is 0 Å². The lowest BCUT2D eigenvalue weighted by Gasteiger charge is -2.35. The number of nitrogens with zero attached hydrogens (tertiary/aromatic N) is 2. The largest absolute Gasteiger partial charge is 0.315 e. The van der Waals surface area contributed by atoms with Gasteiger partial charge in [-0.15, -0.1) is 0 Å². The van der Waals surface area contributed by atoms with Crippen LogP contribution < -0.4 is 0 Å². The number of halogens is 2. The smallest absolute Gasteiger partial charge is 0.122 e.